The second-order valence-electron chi connectivity index (χ2n) is 12.0. The number of amides is 1. The Balaban J connectivity index is 1.37. The lowest BCUT2D eigenvalue weighted by atomic mass is 9.77. The Kier molecular flexibility index (Phi) is 8.55. The zero-order chi connectivity index (χ0) is 27.6. The summed E-state index contributed by atoms with van der Waals surface area (Å²) in [4.78, 5) is 20.5. The molecule has 0 spiro atoms. The van der Waals surface area contributed by atoms with Crippen LogP contribution in [0.4, 0.5) is 0 Å². The highest BCUT2D eigenvalue weighted by Crippen LogP contribution is 2.37. The molecule has 0 aliphatic carbocycles. The predicted molar refractivity (Wildman–Crippen MR) is 160 cm³/mol. The number of halogens is 1. The number of carbonyl (C=O) groups excluding carboxylic acids is 1. The van der Waals surface area contributed by atoms with Crippen LogP contribution in [-0.2, 0) is 11.3 Å². The number of piperidine rings is 1. The zero-order valence-corrected chi connectivity index (χ0v) is 24.7. The number of likely N-dealkylation sites (N-methyl/N-ethyl adjacent to an activating group) is 1. The average Bonchev–Trinajstić information content (AvgIpc) is 3.28. The second-order valence-corrected chi connectivity index (χ2v) is 12.5. The van der Waals surface area contributed by atoms with Gasteiger partial charge in [0.15, 0.2) is 0 Å². The molecule has 6 nitrogen and oxygen atoms in total. The van der Waals surface area contributed by atoms with Gasteiger partial charge >= 0.3 is 0 Å². The molecule has 1 amide bonds. The van der Waals surface area contributed by atoms with Crippen LogP contribution in [0.2, 0.25) is 5.02 Å². The molecule has 2 aromatic carbocycles. The van der Waals surface area contributed by atoms with Gasteiger partial charge in [0.1, 0.15) is 5.75 Å². The Bertz CT molecular complexity index is 1300. The van der Waals surface area contributed by atoms with E-state index in [0.29, 0.717) is 19.1 Å². The molecule has 0 unspecified atom stereocenters. The number of hydrogen-bond donors (Lipinski definition) is 0. The van der Waals surface area contributed by atoms with E-state index in [1.165, 1.54) is 16.5 Å². The molecule has 2 aliphatic heterocycles. The minimum atomic E-state index is -0.233. The molecule has 2 fully saturated rings. The van der Waals surface area contributed by atoms with E-state index in [-0.39, 0.29) is 11.3 Å². The summed E-state index contributed by atoms with van der Waals surface area (Å²) in [7, 11) is 2.13. The van der Waals surface area contributed by atoms with Gasteiger partial charge in [-0.05, 0) is 82.6 Å². The van der Waals surface area contributed by atoms with Crippen LogP contribution >= 0.6 is 11.6 Å². The van der Waals surface area contributed by atoms with Crippen molar-refractivity contribution >= 4 is 28.4 Å². The number of ether oxygens (including phenoxy) is 1. The number of fused-ring (bicyclic) bond motifs is 1. The SMILES string of the molecule is Cc1cc(OC[C@]2(CC(=O)N3CCN(C)CC3)CCCN(Cc3cn(C(C)C)c4ccccc34)C2)ccc1Cl. The number of aryl methyl sites for hydroxylation is 1. The lowest BCUT2D eigenvalue weighted by molar-refractivity contribution is -0.137. The zero-order valence-electron chi connectivity index (χ0n) is 24.0. The highest BCUT2D eigenvalue weighted by Gasteiger charge is 2.40. The molecule has 0 bridgehead atoms. The van der Waals surface area contributed by atoms with Gasteiger partial charge in [-0.3, -0.25) is 9.69 Å². The van der Waals surface area contributed by atoms with Gasteiger partial charge in [-0.2, -0.15) is 0 Å². The van der Waals surface area contributed by atoms with Gasteiger partial charge in [-0.1, -0.05) is 29.8 Å². The fourth-order valence-electron chi connectivity index (χ4n) is 6.26. The topological polar surface area (TPSA) is 41.0 Å². The first-order valence-corrected chi connectivity index (χ1v) is 14.8. The summed E-state index contributed by atoms with van der Waals surface area (Å²) in [5.41, 5.74) is 3.42. The van der Waals surface area contributed by atoms with Crippen LogP contribution < -0.4 is 4.74 Å². The first kappa shape index (κ1) is 28.0. The molecule has 5 rings (SSSR count). The Labute approximate surface area is 238 Å². The number of aromatic nitrogens is 1. The van der Waals surface area contributed by atoms with Crippen molar-refractivity contribution in [1.82, 2.24) is 19.3 Å². The molecule has 210 valence electrons. The monoisotopic (exact) mass is 550 g/mol. The molecular formula is C32H43ClN4O2. The van der Waals surface area contributed by atoms with Crippen LogP contribution in [0.15, 0.2) is 48.7 Å². The highest BCUT2D eigenvalue weighted by molar-refractivity contribution is 6.31. The molecule has 1 atom stereocenters. The summed E-state index contributed by atoms with van der Waals surface area (Å²) >= 11 is 6.26. The maximum atomic E-state index is 13.6. The fourth-order valence-corrected chi connectivity index (χ4v) is 6.38. The summed E-state index contributed by atoms with van der Waals surface area (Å²) in [5.74, 6) is 1.08. The first-order valence-electron chi connectivity index (χ1n) is 14.4. The maximum Gasteiger partial charge on any atom is 0.223 e. The molecule has 1 aromatic heterocycles. The Morgan fingerprint density at radius 2 is 1.85 bits per heavy atom. The number of rotatable bonds is 8. The third-order valence-corrected chi connectivity index (χ3v) is 8.99. The number of piperazine rings is 1. The predicted octanol–water partition coefficient (Wildman–Crippen LogP) is 6.01. The first-order chi connectivity index (χ1) is 18.7. The molecular weight excluding hydrogens is 508 g/mol. The number of benzene rings is 2. The van der Waals surface area contributed by atoms with Gasteiger partial charge < -0.3 is 19.1 Å². The van der Waals surface area contributed by atoms with Crippen molar-refractivity contribution < 1.29 is 9.53 Å². The fraction of sp³-hybridized carbons (Fsp3) is 0.531. The summed E-state index contributed by atoms with van der Waals surface area (Å²) in [6.07, 6.45) is 4.90. The van der Waals surface area contributed by atoms with Crippen molar-refractivity contribution in [1.29, 1.82) is 0 Å². The van der Waals surface area contributed by atoms with Crippen molar-refractivity contribution in [2.75, 3.05) is 52.9 Å². The second kappa shape index (κ2) is 11.9. The van der Waals surface area contributed by atoms with Crippen molar-refractivity contribution in [3.8, 4) is 5.75 Å². The van der Waals surface area contributed by atoms with Gasteiger partial charge in [0.2, 0.25) is 5.91 Å². The molecule has 39 heavy (non-hydrogen) atoms. The van der Waals surface area contributed by atoms with Crippen LogP contribution in [0.5, 0.6) is 5.75 Å². The maximum absolute atomic E-state index is 13.6. The quantitative estimate of drug-likeness (QED) is 0.344. The van der Waals surface area contributed by atoms with E-state index < -0.39 is 0 Å². The van der Waals surface area contributed by atoms with E-state index in [9.17, 15) is 4.79 Å². The van der Waals surface area contributed by atoms with Gasteiger partial charge in [0.05, 0.1) is 6.61 Å². The lowest BCUT2D eigenvalue weighted by Gasteiger charge is -2.43. The minimum Gasteiger partial charge on any atom is -0.493 e. The van der Waals surface area contributed by atoms with E-state index in [1.54, 1.807) is 0 Å². The summed E-state index contributed by atoms with van der Waals surface area (Å²) in [5, 5.41) is 2.07. The van der Waals surface area contributed by atoms with Crippen LogP contribution in [0, 0.1) is 12.3 Å². The molecule has 3 heterocycles. The summed E-state index contributed by atoms with van der Waals surface area (Å²) < 4.78 is 8.81. The van der Waals surface area contributed by atoms with Crippen molar-refractivity contribution in [2.24, 2.45) is 5.41 Å². The van der Waals surface area contributed by atoms with Crippen LogP contribution in [0.25, 0.3) is 10.9 Å². The summed E-state index contributed by atoms with van der Waals surface area (Å²) in [6, 6.07) is 14.9. The number of likely N-dealkylation sites (tertiary alicyclic amines) is 1. The van der Waals surface area contributed by atoms with Crippen molar-refractivity contribution in [2.45, 2.75) is 52.6 Å². The highest BCUT2D eigenvalue weighted by atomic mass is 35.5. The van der Waals surface area contributed by atoms with E-state index in [0.717, 1.165) is 75.0 Å². The van der Waals surface area contributed by atoms with Crippen LogP contribution in [-0.4, -0.2) is 78.1 Å². The molecule has 2 saturated heterocycles. The van der Waals surface area contributed by atoms with Gasteiger partial charge in [0, 0.05) is 79.3 Å². The standard InChI is InChI=1S/C32H43ClN4O2/c1-24(2)37-21-26(28-8-5-6-9-30(28)37)20-35-13-7-12-32(22-35,19-31(38)36-16-14-34(4)15-17-36)23-39-27-10-11-29(33)25(3)18-27/h5-6,8-11,18,21,24H,7,12-17,19-20,22-23H2,1-4H3/t32-/m0/s1. The normalized spacial score (nSPS) is 21.1. The number of carbonyl (C=O) groups is 1. The van der Waals surface area contributed by atoms with E-state index >= 15 is 0 Å². The van der Waals surface area contributed by atoms with Gasteiger partial charge in [-0.15, -0.1) is 0 Å². The van der Waals surface area contributed by atoms with E-state index in [2.05, 4.69) is 70.6 Å². The molecule has 0 N–H and O–H groups in total. The smallest absolute Gasteiger partial charge is 0.223 e. The van der Waals surface area contributed by atoms with E-state index in [4.69, 9.17) is 16.3 Å². The minimum absolute atomic E-state index is 0.233. The Morgan fingerprint density at radius 3 is 2.59 bits per heavy atom. The third kappa shape index (κ3) is 6.45. The molecule has 3 aromatic rings. The number of para-hydroxylation sites is 1. The Hall–Kier alpha value is -2.54. The van der Waals surface area contributed by atoms with Crippen LogP contribution in [0.1, 0.15) is 50.3 Å². The van der Waals surface area contributed by atoms with E-state index in [1.807, 2.05) is 25.1 Å². The largest absolute Gasteiger partial charge is 0.493 e. The van der Waals surface area contributed by atoms with Crippen molar-refractivity contribution in [3.05, 3.63) is 64.8 Å². The van der Waals surface area contributed by atoms with Crippen molar-refractivity contribution in [3.63, 3.8) is 0 Å². The average molecular weight is 551 g/mol. The summed E-state index contributed by atoms with van der Waals surface area (Å²) in [6.45, 7) is 13.2. The third-order valence-electron chi connectivity index (χ3n) is 8.57. The molecule has 0 saturated carbocycles. The number of hydrogen-bond acceptors (Lipinski definition) is 4. The Morgan fingerprint density at radius 1 is 1.08 bits per heavy atom. The molecule has 2 aliphatic rings. The van der Waals surface area contributed by atoms with Gasteiger partial charge in [0.25, 0.3) is 0 Å². The van der Waals surface area contributed by atoms with Gasteiger partial charge in [-0.25, -0.2) is 0 Å². The molecule has 0 radical (unpaired) electrons. The van der Waals surface area contributed by atoms with Crippen LogP contribution in [0.3, 0.4) is 0 Å². The molecule has 7 heteroatoms. The lowest BCUT2D eigenvalue weighted by Crippen LogP contribution is -2.52. The number of nitrogens with zero attached hydrogens (tertiary/aromatic N) is 4.